The van der Waals surface area contributed by atoms with Crippen molar-refractivity contribution in [2.45, 2.75) is 6.92 Å². The Morgan fingerprint density at radius 1 is 1.58 bits per heavy atom. The van der Waals surface area contributed by atoms with Crippen LogP contribution in [0, 0.1) is 25.6 Å². The topological polar surface area (TPSA) is 125 Å². The molecule has 9 nitrogen and oxygen atoms in total. The minimum Gasteiger partial charge on any atom is -0.260 e. The Bertz CT molecular complexity index is 215. The van der Waals surface area contributed by atoms with Gasteiger partial charge in [0.2, 0.25) is 0 Å². The van der Waals surface area contributed by atoms with Crippen LogP contribution in [0.2, 0.25) is 0 Å². The maximum absolute atomic E-state index is 10.1. The molecule has 0 aliphatic carbocycles. The summed E-state index contributed by atoms with van der Waals surface area (Å²) >= 11 is 0. The zero-order valence-electron chi connectivity index (χ0n) is 6.18. The average molecular weight is 177 g/mol. The summed E-state index contributed by atoms with van der Waals surface area (Å²) in [4.78, 5) is 19.8. The van der Waals surface area contributed by atoms with Crippen molar-refractivity contribution in [3.63, 3.8) is 0 Å². The third kappa shape index (κ3) is 2.77. The van der Waals surface area contributed by atoms with Crippen LogP contribution in [0.1, 0.15) is 6.92 Å². The number of nitrogens with zero attached hydrogens (tertiary/aromatic N) is 3. The number of hydrogen-bond donors (Lipinski definition) is 2. The molecule has 0 aliphatic heterocycles. The van der Waals surface area contributed by atoms with Gasteiger partial charge >= 0.3 is 5.96 Å². The molecule has 0 saturated heterocycles. The van der Waals surface area contributed by atoms with E-state index in [4.69, 9.17) is 5.41 Å². The highest BCUT2D eigenvalue weighted by Gasteiger charge is 2.21. The first-order chi connectivity index (χ1) is 5.49. The summed E-state index contributed by atoms with van der Waals surface area (Å²) < 4.78 is 0. The third-order valence-electron chi connectivity index (χ3n) is 0.952. The van der Waals surface area contributed by atoms with Crippen LogP contribution in [0.5, 0.6) is 0 Å². The first kappa shape index (κ1) is 10.1. The lowest BCUT2D eigenvalue weighted by Gasteiger charge is -2.08. The Kier molecular flexibility index (Phi) is 3.40. The SMILES string of the molecule is CCN(C(=N)N[N+](=O)[O-])[N+](=O)[O-]. The lowest BCUT2D eigenvalue weighted by Crippen LogP contribution is -2.46. The van der Waals surface area contributed by atoms with Crippen LogP contribution in [0.3, 0.4) is 0 Å². The standard InChI is InChI=1S/C3H7N5O4/c1-2-6(8(11)12)3(4)5-7(9)10/h2H2,1H3,(H2,4,5). The van der Waals surface area contributed by atoms with Gasteiger partial charge in [0, 0.05) is 0 Å². The van der Waals surface area contributed by atoms with E-state index in [1.54, 1.807) is 0 Å². The molecule has 12 heavy (non-hydrogen) atoms. The van der Waals surface area contributed by atoms with Crippen LogP contribution < -0.4 is 5.43 Å². The number of hydrogen-bond acceptors (Lipinski definition) is 5. The molecule has 0 unspecified atom stereocenters. The Balaban J connectivity index is 4.22. The highest BCUT2D eigenvalue weighted by Crippen LogP contribution is 1.86. The van der Waals surface area contributed by atoms with Gasteiger partial charge in [-0.2, -0.15) is 0 Å². The minimum atomic E-state index is -1.03. The second-order valence-corrected chi connectivity index (χ2v) is 1.67. The molecule has 0 bridgehead atoms. The van der Waals surface area contributed by atoms with Crippen LogP contribution in [0.15, 0.2) is 0 Å². The van der Waals surface area contributed by atoms with Gasteiger partial charge in [0.15, 0.2) is 10.1 Å². The fourth-order valence-electron chi connectivity index (χ4n) is 0.499. The van der Waals surface area contributed by atoms with Crippen LogP contribution in [-0.2, 0) is 0 Å². The molecular weight excluding hydrogens is 170 g/mol. The van der Waals surface area contributed by atoms with E-state index in [0.29, 0.717) is 5.01 Å². The maximum Gasteiger partial charge on any atom is 0.315 e. The zero-order chi connectivity index (χ0) is 9.72. The Labute approximate surface area is 66.7 Å². The number of nitrogens with one attached hydrogen (secondary N) is 2. The largest absolute Gasteiger partial charge is 0.315 e. The highest BCUT2D eigenvalue weighted by molar-refractivity contribution is 5.73. The van der Waals surface area contributed by atoms with Crippen molar-refractivity contribution < 1.29 is 10.1 Å². The fraction of sp³-hybridized carbons (Fsp3) is 0.667. The number of nitro groups is 2. The monoisotopic (exact) mass is 177 g/mol. The summed E-state index contributed by atoms with van der Waals surface area (Å²) in [7, 11) is 0. The third-order valence-corrected chi connectivity index (χ3v) is 0.952. The molecule has 9 heteroatoms. The number of hydrazine groups is 2. The van der Waals surface area contributed by atoms with E-state index in [-0.39, 0.29) is 6.54 Å². The molecule has 68 valence electrons. The van der Waals surface area contributed by atoms with Gasteiger partial charge in [0.05, 0.1) is 6.54 Å². The second kappa shape index (κ2) is 4.05. The minimum absolute atomic E-state index is 0.118. The summed E-state index contributed by atoms with van der Waals surface area (Å²) in [5.41, 5.74) is 1.36. The second-order valence-electron chi connectivity index (χ2n) is 1.67. The molecule has 0 atom stereocenters. The van der Waals surface area contributed by atoms with Crippen molar-refractivity contribution in [2.24, 2.45) is 0 Å². The number of guanidine groups is 1. The van der Waals surface area contributed by atoms with E-state index in [1.165, 1.54) is 12.3 Å². The van der Waals surface area contributed by atoms with E-state index < -0.39 is 16.0 Å². The van der Waals surface area contributed by atoms with Gasteiger partial charge in [-0.25, -0.2) is 20.2 Å². The molecule has 0 aromatic rings. The van der Waals surface area contributed by atoms with Crippen LogP contribution in [0.25, 0.3) is 0 Å². The first-order valence-electron chi connectivity index (χ1n) is 2.90. The Hall–Kier alpha value is -1.93. The molecule has 0 rings (SSSR count). The smallest absolute Gasteiger partial charge is 0.260 e. The molecule has 0 saturated carbocycles. The van der Waals surface area contributed by atoms with Crippen molar-refractivity contribution in [1.82, 2.24) is 10.4 Å². The van der Waals surface area contributed by atoms with Gasteiger partial charge in [0.25, 0.3) is 0 Å². The molecule has 0 radical (unpaired) electrons. The maximum atomic E-state index is 10.1. The Morgan fingerprint density at radius 2 is 2.08 bits per heavy atom. The molecule has 0 amide bonds. The first-order valence-corrected chi connectivity index (χ1v) is 2.90. The van der Waals surface area contributed by atoms with E-state index in [9.17, 15) is 20.2 Å². The lowest BCUT2D eigenvalue weighted by molar-refractivity contribution is -0.635. The van der Waals surface area contributed by atoms with Crippen molar-refractivity contribution in [1.29, 1.82) is 5.41 Å². The van der Waals surface area contributed by atoms with Crippen LogP contribution >= 0.6 is 0 Å². The van der Waals surface area contributed by atoms with E-state index >= 15 is 0 Å². The average Bonchev–Trinajstić information content (AvgIpc) is 1.85. The predicted octanol–water partition coefficient (Wildman–Crippen LogP) is -0.784. The van der Waals surface area contributed by atoms with Gasteiger partial charge < -0.3 is 0 Å². The molecule has 0 fully saturated rings. The highest BCUT2D eigenvalue weighted by atomic mass is 16.7. The molecule has 0 spiro atoms. The zero-order valence-corrected chi connectivity index (χ0v) is 6.18. The summed E-state index contributed by atoms with van der Waals surface area (Å²) in [6, 6.07) is 0. The van der Waals surface area contributed by atoms with Gasteiger partial charge in [-0.15, -0.1) is 0 Å². The summed E-state index contributed by atoms with van der Waals surface area (Å²) in [6.45, 7) is 1.28. The van der Waals surface area contributed by atoms with Gasteiger partial charge in [0.1, 0.15) is 0 Å². The lowest BCUT2D eigenvalue weighted by atomic mass is 10.7. The van der Waals surface area contributed by atoms with E-state index in [0.717, 1.165) is 0 Å². The van der Waals surface area contributed by atoms with E-state index in [2.05, 4.69) is 0 Å². The van der Waals surface area contributed by atoms with Gasteiger partial charge in [-0.3, -0.25) is 5.41 Å². The van der Waals surface area contributed by atoms with Crippen molar-refractivity contribution in [3.05, 3.63) is 20.2 Å². The quantitative estimate of drug-likeness (QED) is 0.252. The van der Waals surface area contributed by atoms with Gasteiger partial charge in [-0.05, 0) is 6.92 Å². The van der Waals surface area contributed by atoms with Crippen molar-refractivity contribution >= 4 is 5.96 Å². The van der Waals surface area contributed by atoms with Crippen LogP contribution in [-0.4, -0.2) is 27.6 Å². The summed E-state index contributed by atoms with van der Waals surface area (Å²) in [5.74, 6) is -0.868. The summed E-state index contributed by atoms with van der Waals surface area (Å²) in [5, 5.41) is 25.0. The van der Waals surface area contributed by atoms with E-state index in [1.807, 2.05) is 0 Å². The molecule has 0 aromatic carbocycles. The summed E-state index contributed by atoms with van der Waals surface area (Å²) in [6.07, 6.45) is 0. The van der Waals surface area contributed by atoms with Crippen molar-refractivity contribution in [3.8, 4) is 0 Å². The molecule has 0 aliphatic rings. The Morgan fingerprint density at radius 3 is 2.33 bits per heavy atom. The molecule has 2 N–H and O–H groups in total. The van der Waals surface area contributed by atoms with Gasteiger partial charge in [-0.1, -0.05) is 10.4 Å². The predicted molar refractivity (Wildman–Crippen MR) is 37.2 cm³/mol. The van der Waals surface area contributed by atoms with Crippen molar-refractivity contribution in [2.75, 3.05) is 6.54 Å². The normalized spacial score (nSPS) is 8.75. The molecule has 0 aromatic heterocycles. The molecule has 0 heterocycles. The van der Waals surface area contributed by atoms with Crippen LogP contribution in [0.4, 0.5) is 0 Å². The number of rotatable bonds is 3. The fourth-order valence-corrected chi connectivity index (χ4v) is 0.499. The molecular formula is C3H7N5O4.